The second-order valence-corrected chi connectivity index (χ2v) is 9.64. The summed E-state index contributed by atoms with van der Waals surface area (Å²) in [4.78, 5) is -0.889. The van der Waals surface area contributed by atoms with E-state index in [0.29, 0.717) is 0 Å². The Labute approximate surface area is 120 Å². The Morgan fingerprint density at radius 1 is 0.700 bits per heavy atom. The van der Waals surface area contributed by atoms with Gasteiger partial charge in [-0.2, -0.15) is 0 Å². The van der Waals surface area contributed by atoms with Gasteiger partial charge in [0.05, 0.1) is 9.79 Å². The normalized spacial score (nSPS) is 12.3. The average molecular weight is 335 g/mol. The molecule has 20 heavy (non-hydrogen) atoms. The molecule has 0 heterocycles. The highest BCUT2D eigenvalue weighted by atomic mass is 35.5. The monoisotopic (exact) mass is 334 g/mol. The van der Waals surface area contributed by atoms with E-state index in [2.05, 4.69) is 0 Å². The zero-order chi connectivity index (χ0) is 15.0. The summed E-state index contributed by atoms with van der Waals surface area (Å²) >= 11 is 5.62. The van der Waals surface area contributed by atoms with Gasteiger partial charge in [-0.3, -0.25) is 0 Å². The first-order chi connectivity index (χ1) is 9.25. The van der Waals surface area contributed by atoms with E-state index in [9.17, 15) is 21.2 Å². The van der Waals surface area contributed by atoms with Gasteiger partial charge in [-0.1, -0.05) is 11.6 Å². The molecule has 2 rings (SSSR count). The first-order valence-corrected chi connectivity index (χ1v) is 9.12. The predicted molar refractivity (Wildman–Crippen MR) is 72.2 cm³/mol. The third-order valence-corrected chi connectivity index (χ3v) is 7.91. The zero-order valence-corrected chi connectivity index (χ0v) is 12.2. The van der Waals surface area contributed by atoms with E-state index in [1.165, 1.54) is 12.1 Å². The maximum atomic E-state index is 12.8. The van der Waals surface area contributed by atoms with Crippen molar-refractivity contribution < 1.29 is 21.2 Å². The van der Waals surface area contributed by atoms with Crippen LogP contribution in [-0.4, -0.2) is 16.8 Å². The van der Waals surface area contributed by atoms with Crippen molar-refractivity contribution in [2.45, 2.75) is 9.79 Å². The van der Waals surface area contributed by atoms with Gasteiger partial charge in [0, 0.05) is 5.02 Å². The molecule has 0 saturated heterocycles. The predicted octanol–water partition coefficient (Wildman–Crippen LogP) is 2.64. The van der Waals surface area contributed by atoms with Gasteiger partial charge < -0.3 is 0 Å². The molecule has 0 fully saturated rings. The Balaban J connectivity index is 2.58. The molecule has 106 valence electrons. The second kappa shape index (κ2) is 5.16. The topological polar surface area (TPSA) is 68.3 Å². The smallest absolute Gasteiger partial charge is 0.207 e. The SMILES string of the molecule is O=S(=O)(c1ccc(F)cc1)S(=O)(=O)c1ccc(Cl)cc1. The van der Waals surface area contributed by atoms with Crippen LogP contribution >= 0.6 is 11.6 Å². The van der Waals surface area contributed by atoms with Gasteiger partial charge in [-0.15, -0.1) is 0 Å². The fourth-order valence-electron chi connectivity index (χ4n) is 1.46. The Morgan fingerprint density at radius 3 is 1.45 bits per heavy atom. The van der Waals surface area contributed by atoms with Gasteiger partial charge in [-0.05, 0) is 48.5 Å². The molecule has 0 aliphatic heterocycles. The first-order valence-electron chi connectivity index (χ1n) is 5.26. The molecule has 0 aliphatic rings. The molecule has 0 amide bonds. The van der Waals surface area contributed by atoms with Gasteiger partial charge in [-0.25, -0.2) is 21.2 Å². The minimum atomic E-state index is -4.66. The summed E-state index contributed by atoms with van der Waals surface area (Å²) in [7, 11) is -9.29. The first kappa shape index (κ1) is 15.0. The van der Waals surface area contributed by atoms with Crippen LogP contribution < -0.4 is 0 Å². The molecule has 0 saturated carbocycles. The van der Waals surface area contributed by atoms with Crippen molar-refractivity contribution in [3.8, 4) is 0 Å². The minimum absolute atomic E-state index is 0.281. The van der Waals surface area contributed by atoms with Crippen LogP contribution in [-0.2, 0) is 17.7 Å². The molecule has 0 radical (unpaired) electrons. The molecule has 0 unspecified atom stereocenters. The fourth-order valence-corrected chi connectivity index (χ4v) is 5.21. The lowest BCUT2D eigenvalue weighted by Crippen LogP contribution is -2.16. The Morgan fingerprint density at radius 2 is 1.05 bits per heavy atom. The maximum Gasteiger partial charge on any atom is 0.286 e. The number of hydrogen-bond donors (Lipinski definition) is 0. The third kappa shape index (κ3) is 2.56. The van der Waals surface area contributed by atoms with Crippen molar-refractivity contribution in [2.75, 3.05) is 0 Å². The van der Waals surface area contributed by atoms with E-state index < -0.39 is 33.3 Å². The van der Waals surface area contributed by atoms with E-state index in [-0.39, 0.29) is 5.02 Å². The van der Waals surface area contributed by atoms with Gasteiger partial charge in [0.15, 0.2) is 0 Å². The van der Waals surface area contributed by atoms with E-state index in [4.69, 9.17) is 11.6 Å². The van der Waals surface area contributed by atoms with Crippen LogP contribution in [0, 0.1) is 5.82 Å². The van der Waals surface area contributed by atoms with Crippen LogP contribution in [0.1, 0.15) is 0 Å². The Hall–Kier alpha value is -1.44. The highest BCUT2D eigenvalue weighted by Crippen LogP contribution is 2.25. The number of rotatable bonds is 3. The molecule has 0 aliphatic carbocycles. The largest absolute Gasteiger partial charge is 0.286 e. The van der Waals surface area contributed by atoms with Crippen LogP contribution in [0.4, 0.5) is 4.39 Å². The lowest BCUT2D eigenvalue weighted by atomic mass is 10.4. The van der Waals surface area contributed by atoms with E-state index >= 15 is 0 Å². The number of halogens is 2. The van der Waals surface area contributed by atoms with Crippen molar-refractivity contribution in [1.82, 2.24) is 0 Å². The summed E-state index contributed by atoms with van der Waals surface area (Å²) in [6, 6.07) is 8.30. The summed E-state index contributed by atoms with van der Waals surface area (Å²) in [6.45, 7) is 0. The molecule has 2 aromatic rings. The highest BCUT2D eigenvalue weighted by Gasteiger charge is 2.33. The van der Waals surface area contributed by atoms with Crippen molar-refractivity contribution in [3.05, 3.63) is 59.4 Å². The molecular weight excluding hydrogens is 327 g/mol. The molecule has 0 spiro atoms. The molecule has 0 aromatic heterocycles. The van der Waals surface area contributed by atoms with Crippen LogP contribution in [0.25, 0.3) is 0 Å². The Kier molecular flexibility index (Phi) is 3.86. The van der Waals surface area contributed by atoms with E-state index in [0.717, 1.165) is 36.4 Å². The van der Waals surface area contributed by atoms with Crippen molar-refractivity contribution >= 4 is 29.3 Å². The lowest BCUT2D eigenvalue weighted by molar-refractivity contribution is 0.582. The average Bonchev–Trinajstić information content (AvgIpc) is 2.39. The molecule has 4 nitrogen and oxygen atoms in total. The standard InChI is InChI=1S/C12H8ClFO4S2/c13-9-1-5-11(6-2-9)19(15,16)20(17,18)12-7-3-10(14)4-8-12/h1-8H. The molecule has 0 atom stereocenters. The van der Waals surface area contributed by atoms with E-state index in [1.807, 2.05) is 0 Å². The van der Waals surface area contributed by atoms with Crippen molar-refractivity contribution in [3.63, 3.8) is 0 Å². The maximum absolute atomic E-state index is 12.8. The highest BCUT2D eigenvalue weighted by molar-refractivity contribution is 8.67. The molecule has 0 N–H and O–H groups in total. The Bertz CT molecular complexity index is 753. The number of benzene rings is 2. The van der Waals surface area contributed by atoms with Crippen LogP contribution in [0.2, 0.25) is 5.02 Å². The third-order valence-electron chi connectivity index (χ3n) is 2.49. The van der Waals surface area contributed by atoms with Crippen LogP contribution in [0.3, 0.4) is 0 Å². The van der Waals surface area contributed by atoms with Crippen molar-refractivity contribution in [2.24, 2.45) is 0 Å². The molecule has 0 bridgehead atoms. The molecule has 2 aromatic carbocycles. The number of hydrogen-bond acceptors (Lipinski definition) is 4. The lowest BCUT2D eigenvalue weighted by Gasteiger charge is -2.06. The van der Waals surface area contributed by atoms with Gasteiger partial charge in [0.25, 0.3) is 17.7 Å². The van der Waals surface area contributed by atoms with Crippen LogP contribution in [0.15, 0.2) is 58.3 Å². The second-order valence-electron chi connectivity index (χ2n) is 3.82. The molecular formula is C12H8ClFO4S2. The quantitative estimate of drug-likeness (QED) is 0.809. The molecule has 8 heteroatoms. The minimum Gasteiger partial charge on any atom is -0.207 e. The fraction of sp³-hybridized carbons (Fsp3) is 0. The van der Waals surface area contributed by atoms with Crippen LogP contribution in [0.5, 0.6) is 0 Å². The summed E-state index contributed by atoms with van der Waals surface area (Å²) < 4.78 is 61.2. The van der Waals surface area contributed by atoms with Crippen molar-refractivity contribution in [1.29, 1.82) is 0 Å². The van der Waals surface area contributed by atoms with Gasteiger partial charge >= 0.3 is 0 Å². The summed E-state index contributed by atoms with van der Waals surface area (Å²) in [6.07, 6.45) is 0. The van der Waals surface area contributed by atoms with Gasteiger partial charge in [0.1, 0.15) is 5.82 Å². The summed E-state index contributed by atoms with van der Waals surface area (Å²) in [5.74, 6) is -0.659. The summed E-state index contributed by atoms with van der Waals surface area (Å²) in [5.41, 5.74) is 0. The van der Waals surface area contributed by atoms with E-state index in [1.54, 1.807) is 0 Å². The summed E-state index contributed by atoms with van der Waals surface area (Å²) in [5, 5.41) is 0.281. The van der Waals surface area contributed by atoms with Gasteiger partial charge in [0.2, 0.25) is 0 Å². The zero-order valence-electron chi connectivity index (χ0n) is 9.82.